The van der Waals surface area contributed by atoms with Gasteiger partial charge < -0.3 is 10.8 Å². The number of nitrogen functional groups attached to an aromatic ring is 1. The maximum absolute atomic E-state index is 12.3. The molecule has 6 heteroatoms. The van der Waals surface area contributed by atoms with Crippen molar-refractivity contribution in [2.45, 2.75) is 50.7 Å². The summed E-state index contributed by atoms with van der Waals surface area (Å²) in [6, 6.07) is 4.56. The highest BCUT2D eigenvalue weighted by Gasteiger charge is 2.38. The third kappa shape index (κ3) is 3.46. The molecule has 1 aromatic carbocycles. The molecule has 0 fully saturated rings. The molecule has 0 aliphatic carbocycles. The lowest BCUT2D eigenvalue weighted by Gasteiger charge is -2.37. The van der Waals surface area contributed by atoms with Crippen molar-refractivity contribution in [1.29, 1.82) is 0 Å². The molecule has 0 radical (unpaired) electrons. The lowest BCUT2D eigenvalue weighted by Crippen LogP contribution is -2.57. The van der Waals surface area contributed by atoms with Gasteiger partial charge in [0, 0.05) is 5.69 Å². The lowest BCUT2D eigenvalue weighted by molar-refractivity contribution is 0.00639. The van der Waals surface area contributed by atoms with Gasteiger partial charge in [-0.05, 0) is 52.3 Å². The Morgan fingerprint density at radius 1 is 1.21 bits per heavy atom. The molecule has 1 aromatic rings. The van der Waals surface area contributed by atoms with Crippen LogP contribution < -0.4 is 10.5 Å². The molecule has 0 atom stereocenters. The van der Waals surface area contributed by atoms with E-state index in [4.69, 9.17) is 5.73 Å². The molecule has 0 saturated heterocycles. The minimum atomic E-state index is -3.73. The predicted octanol–water partition coefficient (Wildman–Crippen LogP) is 1.41. The van der Waals surface area contributed by atoms with Crippen molar-refractivity contribution in [1.82, 2.24) is 4.72 Å². The normalized spacial score (nSPS) is 13.6. The molecule has 0 heterocycles. The monoisotopic (exact) mass is 286 g/mol. The molecule has 19 heavy (non-hydrogen) atoms. The first kappa shape index (κ1) is 15.9. The molecule has 0 aliphatic rings. The molecule has 0 spiro atoms. The van der Waals surface area contributed by atoms with E-state index < -0.39 is 21.2 Å². The molecule has 0 bridgehead atoms. The van der Waals surface area contributed by atoms with Crippen LogP contribution in [0.15, 0.2) is 23.1 Å². The Morgan fingerprint density at radius 2 is 1.74 bits per heavy atom. The Labute approximate surface area is 114 Å². The molecule has 108 valence electrons. The van der Waals surface area contributed by atoms with Gasteiger partial charge in [0.25, 0.3) is 0 Å². The fourth-order valence-corrected chi connectivity index (χ4v) is 2.87. The summed E-state index contributed by atoms with van der Waals surface area (Å²) in [7, 11) is -3.73. The topological polar surface area (TPSA) is 92.4 Å². The molecule has 0 aromatic heterocycles. The summed E-state index contributed by atoms with van der Waals surface area (Å²) in [5, 5.41) is 10.0. The number of hydrogen-bond acceptors (Lipinski definition) is 4. The molecule has 5 nitrogen and oxygen atoms in total. The second-order valence-electron chi connectivity index (χ2n) is 5.81. The van der Waals surface area contributed by atoms with Crippen LogP contribution in [0, 0.1) is 6.92 Å². The van der Waals surface area contributed by atoms with Gasteiger partial charge >= 0.3 is 0 Å². The average Bonchev–Trinajstić information content (AvgIpc) is 2.18. The highest BCUT2D eigenvalue weighted by Crippen LogP contribution is 2.24. The zero-order valence-corrected chi connectivity index (χ0v) is 12.8. The van der Waals surface area contributed by atoms with E-state index in [0.717, 1.165) is 5.56 Å². The maximum atomic E-state index is 12.3. The number of aryl methyl sites for hydroxylation is 1. The van der Waals surface area contributed by atoms with E-state index in [2.05, 4.69) is 4.72 Å². The van der Waals surface area contributed by atoms with Gasteiger partial charge in [-0.15, -0.1) is 0 Å². The van der Waals surface area contributed by atoms with Crippen LogP contribution in [0.1, 0.15) is 33.3 Å². The van der Waals surface area contributed by atoms with Crippen molar-refractivity contribution in [2.75, 3.05) is 5.73 Å². The van der Waals surface area contributed by atoms with Gasteiger partial charge in [0.05, 0.1) is 16.0 Å². The summed E-state index contributed by atoms with van der Waals surface area (Å²) < 4.78 is 27.1. The fraction of sp³-hybridized carbons (Fsp3) is 0.538. The lowest BCUT2D eigenvalue weighted by atomic mass is 9.87. The summed E-state index contributed by atoms with van der Waals surface area (Å²) in [5.74, 6) is 0. The Kier molecular flexibility index (Phi) is 4.01. The van der Waals surface area contributed by atoms with Crippen LogP contribution in [-0.4, -0.2) is 24.7 Å². The molecule has 0 amide bonds. The zero-order chi connectivity index (χ0) is 15.1. The van der Waals surface area contributed by atoms with E-state index >= 15 is 0 Å². The number of hydrogen-bond donors (Lipinski definition) is 3. The zero-order valence-electron chi connectivity index (χ0n) is 12.0. The van der Waals surface area contributed by atoms with Gasteiger partial charge in [0.1, 0.15) is 0 Å². The molecule has 1 rings (SSSR count). The van der Waals surface area contributed by atoms with Crippen molar-refractivity contribution in [3.8, 4) is 0 Å². The summed E-state index contributed by atoms with van der Waals surface area (Å²) in [4.78, 5) is 0.0907. The largest absolute Gasteiger partial charge is 0.398 e. The second-order valence-corrected chi connectivity index (χ2v) is 7.49. The highest BCUT2D eigenvalue weighted by molar-refractivity contribution is 7.89. The number of rotatable bonds is 4. The van der Waals surface area contributed by atoms with Crippen LogP contribution in [0.2, 0.25) is 0 Å². The van der Waals surface area contributed by atoms with E-state index in [0.29, 0.717) is 5.69 Å². The molecular formula is C13H22N2O3S. The first-order valence-corrected chi connectivity index (χ1v) is 7.48. The average molecular weight is 286 g/mol. The van der Waals surface area contributed by atoms with Gasteiger partial charge in [-0.2, -0.15) is 0 Å². The Morgan fingerprint density at radius 3 is 2.16 bits per heavy atom. The number of anilines is 1. The first-order valence-electron chi connectivity index (χ1n) is 5.99. The van der Waals surface area contributed by atoms with Gasteiger partial charge in [-0.1, -0.05) is 6.07 Å². The molecular weight excluding hydrogens is 264 g/mol. The smallest absolute Gasteiger partial charge is 0.241 e. The van der Waals surface area contributed by atoms with E-state index in [9.17, 15) is 13.5 Å². The van der Waals surface area contributed by atoms with Crippen LogP contribution in [0.5, 0.6) is 0 Å². The highest BCUT2D eigenvalue weighted by atomic mass is 32.2. The molecule has 0 unspecified atom stereocenters. The quantitative estimate of drug-likeness (QED) is 0.730. The Bertz CT molecular complexity index is 572. The van der Waals surface area contributed by atoms with Gasteiger partial charge in [-0.25, -0.2) is 13.1 Å². The van der Waals surface area contributed by atoms with Gasteiger partial charge in [-0.3, -0.25) is 0 Å². The fourth-order valence-electron chi connectivity index (χ4n) is 1.31. The van der Waals surface area contributed by atoms with Gasteiger partial charge in [0.15, 0.2) is 0 Å². The Balaban J connectivity index is 3.16. The molecule has 0 aliphatic heterocycles. The summed E-state index contributed by atoms with van der Waals surface area (Å²) in [5.41, 5.74) is 4.76. The van der Waals surface area contributed by atoms with Crippen molar-refractivity contribution in [2.24, 2.45) is 0 Å². The predicted molar refractivity (Wildman–Crippen MR) is 76.3 cm³/mol. The van der Waals surface area contributed by atoms with Crippen LogP contribution >= 0.6 is 0 Å². The van der Waals surface area contributed by atoms with Crippen molar-refractivity contribution in [3.63, 3.8) is 0 Å². The number of benzene rings is 1. The summed E-state index contributed by atoms with van der Waals surface area (Å²) in [6.45, 7) is 8.17. The molecule has 4 N–H and O–H groups in total. The van der Waals surface area contributed by atoms with Crippen molar-refractivity contribution < 1.29 is 13.5 Å². The summed E-state index contributed by atoms with van der Waals surface area (Å²) >= 11 is 0. The number of aliphatic hydroxyl groups is 1. The van der Waals surface area contributed by atoms with E-state index in [1.54, 1.807) is 40.7 Å². The van der Waals surface area contributed by atoms with Gasteiger partial charge in [0.2, 0.25) is 10.0 Å². The van der Waals surface area contributed by atoms with Crippen molar-refractivity contribution >= 4 is 15.7 Å². The van der Waals surface area contributed by atoms with E-state index in [1.807, 2.05) is 0 Å². The number of sulfonamides is 1. The van der Waals surface area contributed by atoms with Crippen LogP contribution in [0.25, 0.3) is 0 Å². The van der Waals surface area contributed by atoms with Crippen LogP contribution in [-0.2, 0) is 10.0 Å². The van der Waals surface area contributed by atoms with E-state index in [-0.39, 0.29) is 4.90 Å². The second kappa shape index (κ2) is 4.77. The van der Waals surface area contributed by atoms with Crippen LogP contribution in [0.3, 0.4) is 0 Å². The molecule has 0 saturated carbocycles. The number of nitrogens with two attached hydrogens (primary N) is 1. The third-order valence-corrected chi connectivity index (χ3v) is 5.13. The first-order chi connectivity index (χ1) is 8.37. The van der Waals surface area contributed by atoms with Crippen LogP contribution in [0.4, 0.5) is 5.69 Å². The summed E-state index contributed by atoms with van der Waals surface area (Å²) in [6.07, 6.45) is 0. The Hall–Kier alpha value is -1.11. The standard InChI is InChI=1S/C13H22N2O3S/c1-9-6-7-10(8-11(9)14)19(17,18)15-12(2,3)13(4,5)16/h6-8,15-16H,14H2,1-5H3. The van der Waals surface area contributed by atoms with E-state index in [1.165, 1.54) is 12.1 Å². The SMILES string of the molecule is Cc1ccc(S(=O)(=O)NC(C)(C)C(C)(C)O)cc1N. The number of nitrogens with one attached hydrogen (secondary N) is 1. The maximum Gasteiger partial charge on any atom is 0.241 e. The minimum Gasteiger partial charge on any atom is -0.398 e. The third-order valence-electron chi connectivity index (χ3n) is 3.48. The minimum absolute atomic E-state index is 0.0907. The van der Waals surface area contributed by atoms with Crippen molar-refractivity contribution in [3.05, 3.63) is 23.8 Å².